The van der Waals surface area contributed by atoms with Crippen molar-refractivity contribution in [2.45, 2.75) is 83.8 Å². The molecule has 9 N–H and O–H groups in total. The molecular weight excluding hydrogens is 532 g/mol. The topological polar surface area (TPSA) is 198 Å². The van der Waals surface area contributed by atoms with Crippen molar-refractivity contribution in [2.75, 3.05) is 11.4 Å². The Hall–Kier alpha value is -4.41. The van der Waals surface area contributed by atoms with E-state index in [9.17, 15) is 14.4 Å². The summed E-state index contributed by atoms with van der Waals surface area (Å²) in [7, 11) is 0. The Balaban J connectivity index is 2.20. The molecule has 2 aromatic carbocycles. The number of hydrogen-bond acceptors (Lipinski definition) is 5. The van der Waals surface area contributed by atoms with E-state index in [0.29, 0.717) is 30.5 Å². The summed E-state index contributed by atoms with van der Waals surface area (Å²) in [4.78, 5) is 47.8. The van der Waals surface area contributed by atoms with E-state index >= 15 is 0 Å². The molecule has 0 heterocycles. The second-order valence-electron chi connectivity index (χ2n) is 10.8. The van der Waals surface area contributed by atoms with Gasteiger partial charge in [0.05, 0.1) is 0 Å². The van der Waals surface area contributed by atoms with Crippen LogP contribution in [0.4, 0.5) is 5.69 Å². The zero-order valence-corrected chi connectivity index (χ0v) is 24.9. The van der Waals surface area contributed by atoms with E-state index in [1.165, 1.54) is 6.92 Å². The van der Waals surface area contributed by atoms with Crippen LogP contribution < -0.4 is 27.8 Å². The van der Waals surface area contributed by atoms with Crippen molar-refractivity contribution in [3.05, 3.63) is 53.6 Å². The van der Waals surface area contributed by atoms with Crippen molar-refractivity contribution >= 4 is 35.2 Å². The third-order valence-corrected chi connectivity index (χ3v) is 8.03. The Morgan fingerprint density at radius 2 is 1.64 bits per heavy atom. The van der Waals surface area contributed by atoms with Crippen molar-refractivity contribution in [3.8, 4) is 11.1 Å². The average molecular weight is 577 g/mol. The lowest BCUT2D eigenvalue weighted by Crippen LogP contribution is -2.69. The highest BCUT2D eigenvalue weighted by molar-refractivity contribution is 5.98. The summed E-state index contributed by atoms with van der Waals surface area (Å²) in [5, 5.41) is 7.71. The van der Waals surface area contributed by atoms with Crippen LogP contribution in [0.5, 0.6) is 0 Å². The molecule has 226 valence electrons. The molecule has 11 nitrogen and oxygen atoms in total. The summed E-state index contributed by atoms with van der Waals surface area (Å²) in [6.07, 6.45) is 4.41. The van der Waals surface area contributed by atoms with Crippen LogP contribution in [0.3, 0.4) is 0 Å². The molecule has 1 atom stereocenters. The first-order chi connectivity index (χ1) is 19.9. The number of nitrogen functional groups attached to an aromatic ring is 1. The molecule has 1 saturated carbocycles. The van der Waals surface area contributed by atoms with Crippen LogP contribution in [0.25, 0.3) is 11.1 Å². The third kappa shape index (κ3) is 6.89. The molecule has 0 saturated heterocycles. The third-order valence-electron chi connectivity index (χ3n) is 8.03. The van der Waals surface area contributed by atoms with Gasteiger partial charge in [-0.3, -0.25) is 29.7 Å². The summed E-state index contributed by atoms with van der Waals surface area (Å²) in [5.41, 5.74) is 25.4. The number of amides is 3. The summed E-state index contributed by atoms with van der Waals surface area (Å²) in [6.45, 7) is 5.46. The van der Waals surface area contributed by atoms with Crippen molar-refractivity contribution < 1.29 is 14.4 Å². The lowest BCUT2D eigenvalue weighted by molar-refractivity contribution is -0.149. The van der Waals surface area contributed by atoms with Gasteiger partial charge >= 0.3 is 0 Å². The molecule has 0 bridgehead atoms. The number of primary amides is 1. The Bertz CT molecular complexity index is 1330. The predicted molar refractivity (Wildman–Crippen MR) is 167 cm³/mol. The second-order valence-corrected chi connectivity index (χ2v) is 10.8. The van der Waals surface area contributed by atoms with Gasteiger partial charge in [0.2, 0.25) is 17.7 Å². The molecule has 1 fully saturated rings. The Morgan fingerprint density at radius 3 is 2.17 bits per heavy atom. The number of amidine groups is 1. The molecule has 3 amide bonds. The van der Waals surface area contributed by atoms with Gasteiger partial charge in [-0.05, 0) is 68.2 Å². The maximum atomic E-state index is 14.0. The summed E-state index contributed by atoms with van der Waals surface area (Å²) in [6, 6.07) is 12.2. The molecule has 11 heteroatoms. The van der Waals surface area contributed by atoms with E-state index in [0.717, 1.165) is 36.0 Å². The molecule has 0 aliphatic heterocycles. The van der Waals surface area contributed by atoms with Crippen molar-refractivity contribution in [2.24, 2.45) is 27.9 Å². The molecule has 1 aliphatic rings. The highest BCUT2D eigenvalue weighted by Gasteiger charge is 2.51. The quantitative estimate of drug-likeness (QED) is 0.111. The van der Waals surface area contributed by atoms with Crippen molar-refractivity contribution in [1.29, 1.82) is 5.41 Å². The second kappa shape index (κ2) is 14.0. The number of nitrogens with two attached hydrogens (primary N) is 4. The zero-order valence-electron chi connectivity index (χ0n) is 24.9. The minimum Gasteiger partial charge on any atom is -0.384 e. The van der Waals surface area contributed by atoms with Gasteiger partial charge in [-0.25, -0.2) is 0 Å². The Morgan fingerprint density at radius 1 is 1.00 bits per heavy atom. The number of rotatable bonds is 12. The predicted octanol–water partition coefficient (Wildman–Crippen LogP) is 3.11. The van der Waals surface area contributed by atoms with E-state index < -0.39 is 17.6 Å². The molecule has 0 aromatic heterocycles. The molecule has 2 aromatic rings. The van der Waals surface area contributed by atoms with Crippen molar-refractivity contribution in [1.82, 2.24) is 4.90 Å². The normalized spacial score (nSPS) is 14.8. The minimum absolute atomic E-state index is 0.0161. The van der Waals surface area contributed by atoms with Gasteiger partial charge in [0.1, 0.15) is 17.5 Å². The highest BCUT2D eigenvalue weighted by Crippen LogP contribution is 2.44. The fraction of sp³-hybridized carbons (Fsp3) is 0.452. The first kappa shape index (κ1) is 32.1. The lowest BCUT2D eigenvalue weighted by Gasteiger charge is -2.54. The number of aliphatic imine (C=N–C) groups is 1. The van der Waals surface area contributed by atoms with E-state index in [-0.39, 0.29) is 43.0 Å². The number of guanidine groups is 1. The van der Waals surface area contributed by atoms with Gasteiger partial charge < -0.3 is 27.8 Å². The van der Waals surface area contributed by atoms with Crippen LogP contribution in [-0.4, -0.2) is 52.7 Å². The van der Waals surface area contributed by atoms with E-state index in [2.05, 4.69) is 4.99 Å². The molecule has 42 heavy (non-hydrogen) atoms. The van der Waals surface area contributed by atoms with E-state index in [4.69, 9.17) is 28.3 Å². The fourth-order valence-corrected chi connectivity index (χ4v) is 6.14. The molecule has 3 rings (SSSR count). The minimum atomic E-state index is -1.09. The average Bonchev–Trinajstić information content (AvgIpc) is 2.95. The number of hydrogen-bond donors (Lipinski definition) is 5. The fourth-order valence-electron chi connectivity index (χ4n) is 6.14. The largest absolute Gasteiger partial charge is 0.384 e. The van der Waals surface area contributed by atoms with Gasteiger partial charge in [0, 0.05) is 31.1 Å². The molecular formula is C31H44N8O3. The van der Waals surface area contributed by atoms with Crippen LogP contribution in [0.1, 0.15) is 76.3 Å². The van der Waals surface area contributed by atoms with Crippen LogP contribution in [0, 0.1) is 12.3 Å². The maximum absolute atomic E-state index is 14.0. The maximum Gasteiger partial charge on any atom is 0.240 e. The number of carbonyl (C=O) groups is 3. The molecule has 1 unspecified atom stereocenters. The number of benzene rings is 2. The summed E-state index contributed by atoms with van der Waals surface area (Å²) < 4.78 is 0. The number of nitrogens with zero attached hydrogens (tertiary/aromatic N) is 3. The van der Waals surface area contributed by atoms with Gasteiger partial charge in [-0.15, -0.1) is 0 Å². The first-order valence-corrected chi connectivity index (χ1v) is 14.5. The highest BCUT2D eigenvalue weighted by atomic mass is 16.2. The Kier molecular flexibility index (Phi) is 10.7. The van der Waals surface area contributed by atoms with Gasteiger partial charge in [0.25, 0.3) is 0 Å². The van der Waals surface area contributed by atoms with Crippen molar-refractivity contribution in [3.63, 3.8) is 0 Å². The van der Waals surface area contributed by atoms with Crippen LogP contribution in [0.15, 0.2) is 47.5 Å². The Labute approximate surface area is 247 Å². The van der Waals surface area contributed by atoms with E-state index in [1.54, 1.807) is 28.9 Å². The molecule has 0 spiro atoms. The lowest BCUT2D eigenvalue weighted by atomic mass is 9.83. The SMILES string of the molecule is CCC(=O)N(c1cccc(-c2ccc(C(=N)N)cc2)c1C)C1(N(C(C)=O)C(CCCN=C(N)N)C(N)=O)CCCCC1. The number of nitrogens with one attached hydrogen (secondary N) is 1. The molecule has 1 aliphatic carbocycles. The monoisotopic (exact) mass is 576 g/mol. The standard InChI is InChI=1S/C31H44N8O3/c1-4-27(41)39(25-11-8-10-24(20(25)2)22-13-15-23(16-14-22)28(32)33)31(17-6-5-7-18-31)38(21(3)40)26(29(34)42)12-9-19-37-30(35)36/h8,10-11,13-16,26H,4-7,9,12,17-19H2,1-3H3,(H3,32,33)(H2,34,42)(H4,35,36,37). The number of carbonyl (C=O) groups excluding carboxylic acids is 3. The van der Waals surface area contributed by atoms with Gasteiger partial charge in [-0.2, -0.15) is 0 Å². The van der Waals surface area contributed by atoms with Crippen LogP contribution in [-0.2, 0) is 14.4 Å². The van der Waals surface area contributed by atoms with Crippen LogP contribution in [0.2, 0.25) is 0 Å². The number of anilines is 1. The van der Waals surface area contributed by atoms with Crippen LogP contribution >= 0.6 is 0 Å². The van der Waals surface area contributed by atoms with Gasteiger partial charge in [0.15, 0.2) is 5.96 Å². The smallest absolute Gasteiger partial charge is 0.240 e. The van der Waals surface area contributed by atoms with E-state index in [1.807, 2.05) is 37.3 Å². The first-order valence-electron chi connectivity index (χ1n) is 14.5. The zero-order chi connectivity index (χ0) is 31.0. The molecule has 0 radical (unpaired) electrons. The summed E-state index contributed by atoms with van der Waals surface area (Å²) >= 11 is 0. The van der Waals surface area contributed by atoms with Gasteiger partial charge in [-0.1, -0.05) is 49.7 Å². The summed E-state index contributed by atoms with van der Waals surface area (Å²) in [5.74, 6) is -1.19.